The number of rotatable bonds is 8. The molecular formula is C25H26N2O6. The first-order valence-corrected chi connectivity index (χ1v) is 10.5. The van der Waals surface area contributed by atoms with Crippen LogP contribution in [0.15, 0.2) is 53.9 Å². The van der Waals surface area contributed by atoms with Gasteiger partial charge in [-0.1, -0.05) is 0 Å². The van der Waals surface area contributed by atoms with E-state index >= 15 is 0 Å². The maximum atomic E-state index is 13.0. The molecule has 2 heterocycles. The van der Waals surface area contributed by atoms with Crippen molar-refractivity contribution in [1.82, 2.24) is 9.88 Å². The van der Waals surface area contributed by atoms with E-state index in [4.69, 9.17) is 14.2 Å². The van der Waals surface area contributed by atoms with Crippen molar-refractivity contribution in [3.8, 4) is 17.2 Å². The average molecular weight is 450 g/mol. The van der Waals surface area contributed by atoms with Gasteiger partial charge < -0.3 is 29.2 Å². The molecule has 1 amide bonds. The number of ether oxygens (including phenoxy) is 3. The van der Waals surface area contributed by atoms with Crippen LogP contribution in [0.1, 0.15) is 24.1 Å². The van der Waals surface area contributed by atoms with Crippen LogP contribution in [-0.4, -0.2) is 54.6 Å². The smallest absolute Gasteiger partial charge is 0.290 e. The molecule has 1 aromatic heterocycles. The van der Waals surface area contributed by atoms with Gasteiger partial charge in [0.1, 0.15) is 17.2 Å². The minimum absolute atomic E-state index is 0.0483. The molecule has 0 saturated carbocycles. The van der Waals surface area contributed by atoms with Gasteiger partial charge in [0.15, 0.2) is 11.5 Å². The fourth-order valence-corrected chi connectivity index (χ4v) is 4.35. The first kappa shape index (κ1) is 22.3. The van der Waals surface area contributed by atoms with Gasteiger partial charge in [-0.3, -0.25) is 9.59 Å². The molecule has 1 aliphatic rings. The first-order valence-electron chi connectivity index (χ1n) is 10.5. The number of aromatic amines is 1. The highest BCUT2D eigenvalue weighted by molar-refractivity contribution is 6.08. The third-order valence-corrected chi connectivity index (χ3v) is 6.01. The maximum absolute atomic E-state index is 13.0. The number of amides is 1. The Hall–Kier alpha value is -3.94. The van der Waals surface area contributed by atoms with Crippen molar-refractivity contribution in [3.63, 3.8) is 0 Å². The third kappa shape index (κ3) is 3.88. The van der Waals surface area contributed by atoms with Gasteiger partial charge in [-0.2, -0.15) is 0 Å². The second kappa shape index (κ2) is 8.90. The van der Waals surface area contributed by atoms with Crippen LogP contribution < -0.4 is 14.2 Å². The second-order valence-electron chi connectivity index (χ2n) is 7.80. The Balaban J connectivity index is 1.73. The van der Waals surface area contributed by atoms with Crippen LogP contribution >= 0.6 is 0 Å². The fraction of sp³-hybridized carbons (Fsp3) is 0.280. The Labute approximate surface area is 191 Å². The van der Waals surface area contributed by atoms with Crippen molar-refractivity contribution >= 4 is 22.6 Å². The molecule has 0 unspecified atom stereocenters. The summed E-state index contributed by atoms with van der Waals surface area (Å²) >= 11 is 0. The molecule has 3 aromatic rings. The summed E-state index contributed by atoms with van der Waals surface area (Å²) in [5, 5.41) is 11.6. The summed E-state index contributed by atoms with van der Waals surface area (Å²) in [5.41, 5.74) is 2.56. The van der Waals surface area contributed by atoms with E-state index in [0.29, 0.717) is 23.5 Å². The zero-order valence-corrected chi connectivity index (χ0v) is 19.0. The Morgan fingerprint density at radius 3 is 2.42 bits per heavy atom. The summed E-state index contributed by atoms with van der Waals surface area (Å²) in [5.74, 6) is 0.276. The van der Waals surface area contributed by atoms with Gasteiger partial charge >= 0.3 is 0 Å². The molecule has 172 valence electrons. The molecule has 2 aromatic carbocycles. The number of methoxy groups -OCH3 is 3. The molecule has 33 heavy (non-hydrogen) atoms. The molecule has 0 fully saturated rings. The highest BCUT2D eigenvalue weighted by atomic mass is 16.5. The van der Waals surface area contributed by atoms with Crippen LogP contribution in [0.2, 0.25) is 0 Å². The number of nitrogens with one attached hydrogen (secondary N) is 1. The van der Waals surface area contributed by atoms with Crippen molar-refractivity contribution in [1.29, 1.82) is 0 Å². The molecule has 1 atom stereocenters. The van der Waals surface area contributed by atoms with Crippen molar-refractivity contribution in [2.75, 3.05) is 27.9 Å². The van der Waals surface area contributed by atoms with E-state index in [2.05, 4.69) is 4.98 Å². The third-order valence-electron chi connectivity index (χ3n) is 6.01. The summed E-state index contributed by atoms with van der Waals surface area (Å²) in [6.45, 7) is 1.61. The minimum Gasteiger partial charge on any atom is -0.503 e. The molecule has 0 spiro atoms. The highest BCUT2D eigenvalue weighted by Crippen LogP contribution is 2.42. The zero-order chi connectivity index (χ0) is 23.7. The van der Waals surface area contributed by atoms with Gasteiger partial charge in [-0.15, -0.1) is 0 Å². The highest BCUT2D eigenvalue weighted by Gasteiger charge is 2.43. The number of Topliss-reactive ketones (excluding diaryl/α,β-unsaturated/α-hetero) is 1. The van der Waals surface area contributed by atoms with Crippen LogP contribution in [0.5, 0.6) is 17.2 Å². The summed E-state index contributed by atoms with van der Waals surface area (Å²) in [6.07, 6.45) is 2.39. The number of carbonyl (C=O) groups is 2. The predicted molar refractivity (Wildman–Crippen MR) is 123 cm³/mol. The number of fused-ring (bicyclic) bond motifs is 1. The molecule has 8 nitrogen and oxygen atoms in total. The van der Waals surface area contributed by atoms with E-state index in [-0.39, 0.29) is 17.9 Å². The number of nitrogens with zero attached hydrogens (tertiary/aromatic N) is 1. The number of hydrogen-bond acceptors (Lipinski definition) is 6. The SMILES string of the molecule is COc1ccc(OC)c([C@H]2C(C(C)=O)=C(O)C(=O)N2CCc2c[nH]c3ccc(OC)cc23)c1. The molecule has 2 N–H and O–H groups in total. The summed E-state index contributed by atoms with van der Waals surface area (Å²) in [4.78, 5) is 30.3. The normalized spacial score (nSPS) is 15.9. The lowest BCUT2D eigenvalue weighted by molar-refractivity contribution is -0.129. The number of benzene rings is 2. The van der Waals surface area contributed by atoms with E-state index in [1.165, 1.54) is 26.0 Å². The van der Waals surface area contributed by atoms with E-state index in [1.807, 2.05) is 24.4 Å². The van der Waals surface area contributed by atoms with Crippen LogP contribution in [0, 0.1) is 0 Å². The van der Waals surface area contributed by atoms with Gasteiger partial charge in [-0.05, 0) is 55.3 Å². The van der Waals surface area contributed by atoms with Crippen molar-refractivity contribution in [2.24, 2.45) is 0 Å². The number of hydrogen-bond donors (Lipinski definition) is 2. The van der Waals surface area contributed by atoms with Crippen LogP contribution in [-0.2, 0) is 16.0 Å². The van der Waals surface area contributed by atoms with E-state index < -0.39 is 17.7 Å². The lowest BCUT2D eigenvalue weighted by Gasteiger charge is -2.28. The summed E-state index contributed by atoms with van der Waals surface area (Å²) in [6, 6.07) is 10.1. The quantitative estimate of drug-likeness (QED) is 0.543. The molecule has 0 bridgehead atoms. The summed E-state index contributed by atoms with van der Waals surface area (Å²) in [7, 11) is 4.66. The van der Waals surface area contributed by atoms with Crippen LogP contribution in [0.4, 0.5) is 0 Å². The fourth-order valence-electron chi connectivity index (χ4n) is 4.35. The first-order chi connectivity index (χ1) is 15.9. The molecule has 4 rings (SSSR count). The molecular weight excluding hydrogens is 424 g/mol. The Kier molecular flexibility index (Phi) is 6.00. The Morgan fingerprint density at radius 1 is 1.06 bits per heavy atom. The average Bonchev–Trinajstić information content (AvgIpc) is 3.34. The topological polar surface area (TPSA) is 101 Å². The van der Waals surface area contributed by atoms with E-state index in [1.54, 1.807) is 25.3 Å². The van der Waals surface area contributed by atoms with Gasteiger partial charge in [0.2, 0.25) is 0 Å². The molecule has 0 aliphatic carbocycles. The summed E-state index contributed by atoms with van der Waals surface area (Å²) < 4.78 is 16.2. The zero-order valence-electron chi connectivity index (χ0n) is 19.0. The van der Waals surface area contributed by atoms with Crippen LogP contribution in [0.25, 0.3) is 10.9 Å². The molecule has 8 heteroatoms. The molecule has 0 saturated heterocycles. The number of aromatic nitrogens is 1. The lowest BCUT2D eigenvalue weighted by Crippen LogP contribution is -2.33. The Morgan fingerprint density at radius 2 is 1.76 bits per heavy atom. The molecule has 1 aliphatic heterocycles. The monoisotopic (exact) mass is 450 g/mol. The van der Waals surface area contributed by atoms with Gasteiger partial charge in [-0.25, -0.2) is 0 Å². The lowest BCUT2D eigenvalue weighted by atomic mass is 9.95. The van der Waals surface area contributed by atoms with Crippen molar-refractivity contribution < 1.29 is 28.9 Å². The number of ketones is 1. The number of carbonyl (C=O) groups excluding carboxylic acids is 2. The van der Waals surface area contributed by atoms with Gasteiger partial charge in [0.05, 0.1) is 32.9 Å². The number of H-pyrrole nitrogens is 1. The largest absolute Gasteiger partial charge is 0.503 e. The van der Waals surface area contributed by atoms with Gasteiger partial charge in [0, 0.05) is 29.2 Å². The standard InChI is InChI=1S/C25H26N2O6/c1-14(28)22-23(19-12-17(32-3)6-8-21(19)33-4)27(25(30)24(22)29)10-9-15-13-26-20-7-5-16(31-2)11-18(15)20/h5-8,11-13,23,26,29H,9-10H2,1-4H3/t23-/m0/s1. The van der Waals surface area contributed by atoms with Gasteiger partial charge in [0.25, 0.3) is 5.91 Å². The predicted octanol–water partition coefficient (Wildman–Crippen LogP) is 3.72. The second-order valence-corrected chi connectivity index (χ2v) is 7.80. The Bertz CT molecular complexity index is 1260. The molecule has 0 radical (unpaired) electrons. The van der Waals surface area contributed by atoms with E-state index in [0.717, 1.165) is 22.2 Å². The van der Waals surface area contributed by atoms with Crippen molar-refractivity contribution in [3.05, 3.63) is 65.1 Å². The van der Waals surface area contributed by atoms with Crippen LogP contribution in [0.3, 0.4) is 0 Å². The number of aliphatic hydroxyl groups is 1. The number of aliphatic hydroxyl groups excluding tert-OH is 1. The van der Waals surface area contributed by atoms with Crippen molar-refractivity contribution in [2.45, 2.75) is 19.4 Å². The minimum atomic E-state index is -0.792. The van der Waals surface area contributed by atoms with E-state index in [9.17, 15) is 14.7 Å². The maximum Gasteiger partial charge on any atom is 0.290 e.